The number of methoxy groups -OCH3 is 1. The van der Waals surface area contributed by atoms with Gasteiger partial charge in [0.25, 0.3) is 0 Å². The number of hydrogen-bond donors (Lipinski definition) is 0. The summed E-state index contributed by atoms with van der Waals surface area (Å²) in [5.74, 6) is 0.403. The maximum absolute atomic E-state index is 12.9. The van der Waals surface area contributed by atoms with Crippen molar-refractivity contribution in [3.8, 4) is 0 Å². The van der Waals surface area contributed by atoms with E-state index in [9.17, 15) is 18.0 Å². The van der Waals surface area contributed by atoms with Crippen molar-refractivity contribution in [2.24, 2.45) is 5.92 Å². The van der Waals surface area contributed by atoms with Crippen LogP contribution < -0.4 is 9.80 Å². The first-order chi connectivity index (χ1) is 13.4. The number of pyridine rings is 1. The summed E-state index contributed by atoms with van der Waals surface area (Å²) in [6.07, 6.45) is -1.34. The first-order valence-corrected chi connectivity index (χ1v) is 9.13. The Kier molecular flexibility index (Phi) is 4.64. The Morgan fingerprint density at radius 2 is 1.96 bits per heavy atom. The lowest BCUT2D eigenvalue weighted by Crippen LogP contribution is -2.53. The maximum atomic E-state index is 12.9. The number of esters is 1. The van der Waals surface area contributed by atoms with E-state index in [-0.39, 0.29) is 17.9 Å². The van der Waals surface area contributed by atoms with E-state index in [1.807, 2.05) is 17.0 Å². The third-order valence-corrected chi connectivity index (χ3v) is 5.48. The Morgan fingerprint density at radius 1 is 1.21 bits per heavy atom. The van der Waals surface area contributed by atoms with Crippen molar-refractivity contribution in [1.29, 1.82) is 0 Å². The highest BCUT2D eigenvalue weighted by Crippen LogP contribution is 2.42. The normalized spacial score (nSPS) is 21.7. The molecule has 2 aromatic rings. The minimum atomic E-state index is -4.37. The van der Waals surface area contributed by atoms with E-state index in [1.54, 1.807) is 6.20 Å². The molecule has 0 aliphatic carbocycles. The summed E-state index contributed by atoms with van der Waals surface area (Å²) in [6, 6.07) is 8.92. The van der Waals surface area contributed by atoms with Crippen LogP contribution in [0.5, 0.6) is 0 Å². The SMILES string of the molecule is COC(=O)C1CCN2c3ncccc3N(c3ccc(C(F)(F)F)cc3)CC2C1. The average Bonchev–Trinajstić information content (AvgIpc) is 2.71. The van der Waals surface area contributed by atoms with Gasteiger partial charge in [-0.2, -0.15) is 13.2 Å². The lowest BCUT2D eigenvalue weighted by molar-refractivity contribution is -0.146. The smallest absolute Gasteiger partial charge is 0.416 e. The molecule has 1 fully saturated rings. The number of alkyl halides is 3. The van der Waals surface area contributed by atoms with Crippen LogP contribution in [0.15, 0.2) is 42.6 Å². The van der Waals surface area contributed by atoms with Crippen LogP contribution in [0.25, 0.3) is 0 Å². The van der Waals surface area contributed by atoms with Gasteiger partial charge in [0, 0.05) is 31.0 Å². The van der Waals surface area contributed by atoms with Gasteiger partial charge in [0.15, 0.2) is 5.82 Å². The predicted octanol–water partition coefficient (Wildman–Crippen LogP) is 4.01. The Bertz CT molecular complexity index is 870. The molecule has 5 nitrogen and oxygen atoms in total. The van der Waals surface area contributed by atoms with E-state index in [1.165, 1.54) is 19.2 Å². The quantitative estimate of drug-likeness (QED) is 0.724. The Morgan fingerprint density at radius 3 is 2.64 bits per heavy atom. The number of aromatic nitrogens is 1. The fraction of sp³-hybridized carbons (Fsp3) is 0.400. The molecule has 2 atom stereocenters. The predicted molar refractivity (Wildman–Crippen MR) is 98.6 cm³/mol. The van der Waals surface area contributed by atoms with Crippen LogP contribution in [0.4, 0.5) is 30.4 Å². The number of piperidine rings is 1. The molecule has 1 aromatic carbocycles. The van der Waals surface area contributed by atoms with Gasteiger partial charge in [-0.1, -0.05) is 0 Å². The summed E-state index contributed by atoms with van der Waals surface area (Å²) in [5.41, 5.74) is 0.849. The molecule has 1 aromatic heterocycles. The molecule has 8 heteroatoms. The number of carbonyl (C=O) groups excluding carboxylic acids is 1. The van der Waals surface area contributed by atoms with Crippen molar-refractivity contribution in [3.05, 3.63) is 48.2 Å². The first-order valence-electron chi connectivity index (χ1n) is 9.13. The molecule has 28 heavy (non-hydrogen) atoms. The molecule has 1 saturated heterocycles. The monoisotopic (exact) mass is 391 g/mol. The van der Waals surface area contributed by atoms with Gasteiger partial charge in [0.2, 0.25) is 0 Å². The molecule has 0 amide bonds. The van der Waals surface area contributed by atoms with Gasteiger partial charge in [-0.05, 0) is 49.2 Å². The largest absolute Gasteiger partial charge is 0.469 e. The van der Waals surface area contributed by atoms with E-state index in [4.69, 9.17) is 4.74 Å². The van der Waals surface area contributed by atoms with Gasteiger partial charge >= 0.3 is 12.1 Å². The molecule has 2 unspecified atom stereocenters. The molecular formula is C20H20F3N3O2. The number of anilines is 3. The summed E-state index contributed by atoms with van der Waals surface area (Å²) in [7, 11) is 1.39. The van der Waals surface area contributed by atoms with Crippen molar-refractivity contribution in [3.63, 3.8) is 0 Å². The highest BCUT2D eigenvalue weighted by Gasteiger charge is 2.39. The van der Waals surface area contributed by atoms with E-state index >= 15 is 0 Å². The topological polar surface area (TPSA) is 45.7 Å². The fourth-order valence-electron chi connectivity index (χ4n) is 4.09. The number of halogens is 3. The van der Waals surface area contributed by atoms with Crippen molar-refractivity contribution in [1.82, 2.24) is 4.98 Å². The van der Waals surface area contributed by atoms with Crippen molar-refractivity contribution < 1.29 is 22.7 Å². The van der Waals surface area contributed by atoms with Gasteiger partial charge < -0.3 is 14.5 Å². The third kappa shape index (κ3) is 3.27. The third-order valence-electron chi connectivity index (χ3n) is 5.48. The molecular weight excluding hydrogens is 371 g/mol. The zero-order chi connectivity index (χ0) is 19.9. The summed E-state index contributed by atoms with van der Waals surface area (Å²) in [4.78, 5) is 20.7. The molecule has 0 saturated carbocycles. The van der Waals surface area contributed by atoms with E-state index in [0.29, 0.717) is 31.6 Å². The molecule has 0 radical (unpaired) electrons. The number of benzene rings is 1. The minimum absolute atomic E-state index is 0.0301. The number of hydrogen-bond acceptors (Lipinski definition) is 5. The molecule has 4 rings (SSSR count). The maximum Gasteiger partial charge on any atom is 0.416 e. The molecule has 3 heterocycles. The van der Waals surface area contributed by atoms with Gasteiger partial charge in [-0.3, -0.25) is 4.79 Å². The van der Waals surface area contributed by atoms with Gasteiger partial charge in [0.05, 0.1) is 24.3 Å². The van der Waals surface area contributed by atoms with Crippen molar-refractivity contribution >= 4 is 23.2 Å². The summed E-state index contributed by atoms with van der Waals surface area (Å²) in [6.45, 7) is 1.26. The van der Waals surface area contributed by atoms with Crippen LogP contribution >= 0.6 is 0 Å². The molecule has 2 aliphatic rings. The van der Waals surface area contributed by atoms with Crippen LogP contribution in [0, 0.1) is 5.92 Å². The van der Waals surface area contributed by atoms with Crippen molar-refractivity contribution in [2.45, 2.75) is 25.1 Å². The van der Waals surface area contributed by atoms with Crippen LogP contribution in [0.3, 0.4) is 0 Å². The van der Waals surface area contributed by atoms with Gasteiger partial charge in [-0.25, -0.2) is 4.98 Å². The first kappa shape index (κ1) is 18.6. The fourth-order valence-corrected chi connectivity index (χ4v) is 4.09. The summed E-state index contributed by atoms with van der Waals surface area (Å²) < 4.78 is 43.6. The summed E-state index contributed by atoms with van der Waals surface area (Å²) >= 11 is 0. The lowest BCUT2D eigenvalue weighted by atomic mass is 9.89. The number of rotatable bonds is 2. The molecule has 0 N–H and O–H groups in total. The highest BCUT2D eigenvalue weighted by molar-refractivity contribution is 5.78. The average molecular weight is 391 g/mol. The zero-order valence-corrected chi connectivity index (χ0v) is 15.3. The number of nitrogens with zero attached hydrogens (tertiary/aromatic N) is 3. The second-order valence-corrected chi connectivity index (χ2v) is 7.09. The number of fused-ring (bicyclic) bond motifs is 3. The molecule has 0 spiro atoms. The summed E-state index contributed by atoms with van der Waals surface area (Å²) in [5, 5.41) is 0. The standard InChI is InChI=1S/C20H20F3N3O2/c1-28-19(27)13-8-10-25-16(11-13)12-26(17-3-2-9-24-18(17)25)15-6-4-14(5-7-15)20(21,22)23/h2-7,9,13,16H,8,10-12H2,1H3. The Hall–Kier alpha value is -2.77. The van der Waals surface area contributed by atoms with E-state index in [0.717, 1.165) is 23.6 Å². The second-order valence-electron chi connectivity index (χ2n) is 7.09. The lowest BCUT2D eigenvalue weighted by Gasteiger charge is -2.47. The Labute approximate surface area is 160 Å². The van der Waals surface area contributed by atoms with Crippen LogP contribution in [-0.2, 0) is 15.7 Å². The minimum Gasteiger partial charge on any atom is -0.469 e. The molecule has 2 aliphatic heterocycles. The number of ether oxygens (including phenoxy) is 1. The van der Waals surface area contributed by atoms with E-state index < -0.39 is 11.7 Å². The highest BCUT2D eigenvalue weighted by atomic mass is 19.4. The molecule has 148 valence electrons. The number of carbonyl (C=O) groups is 1. The second kappa shape index (κ2) is 7.00. The Balaban J connectivity index is 1.67. The zero-order valence-electron chi connectivity index (χ0n) is 15.3. The molecule has 0 bridgehead atoms. The van der Waals surface area contributed by atoms with Crippen molar-refractivity contribution in [2.75, 3.05) is 30.0 Å². The van der Waals surface area contributed by atoms with Crippen LogP contribution in [-0.4, -0.2) is 37.2 Å². The van der Waals surface area contributed by atoms with Gasteiger partial charge in [0.1, 0.15) is 0 Å². The van der Waals surface area contributed by atoms with Gasteiger partial charge in [-0.15, -0.1) is 0 Å². The van der Waals surface area contributed by atoms with Crippen LogP contribution in [0.1, 0.15) is 18.4 Å². The van der Waals surface area contributed by atoms with E-state index in [2.05, 4.69) is 9.88 Å². The van der Waals surface area contributed by atoms with Crippen LogP contribution in [0.2, 0.25) is 0 Å².